The van der Waals surface area contributed by atoms with Crippen LogP contribution in [0.5, 0.6) is 0 Å². The molecule has 27 heavy (non-hydrogen) atoms. The Morgan fingerprint density at radius 2 is 2.00 bits per heavy atom. The van der Waals surface area contributed by atoms with E-state index in [1.54, 1.807) is 17.5 Å². The van der Waals surface area contributed by atoms with Gasteiger partial charge in [0.2, 0.25) is 0 Å². The fourth-order valence-corrected chi connectivity index (χ4v) is 4.51. The minimum Gasteiger partial charge on any atom is -0.396 e. The predicted molar refractivity (Wildman–Crippen MR) is 107 cm³/mol. The zero-order chi connectivity index (χ0) is 18.8. The largest absolute Gasteiger partial charge is 0.396 e. The molecule has 0 aliphatic heterocycles. The maximum atomic E-state index is 12.7. The van der Waals surface area contributed by atoms with Crippen LogP contribution in [0.4, 0.5) is 0 Å². The fraction of sp³-hybridized carbons (Fsp3) is 0.429. The summed E-state index contributed by atoms with van der Waals surface area (Å²) in [4.78, 5) is 27.2. The summed E-state index contributed by atoms with van der Waals surface area (Å²) < 4.78 is 0. The van der Waals surface area contributed by atoms with Crippen LogP contribution < -0.4 is 0 Å². The van der Waals surface area contributed by atoms with Gasteiger partial charge in [-0.25, -0.2) is 9.97 Å². The molecular weight excluding hydrogens is 358 g/mol. The molecule has 6 heteroatoms. The van der Waals surface area contributed by atoms with Gasteiger partial charge in [-0.1, -0.05) is 0 Å². The van der Waals surface area contributed by atoms with Crippen molar-refractivity contribution >= 4 is 28.0 Å². The molecule has 140 valence electrons. The first-order chi connectivity index (χ1) is 13.1. The second-order valence-electron chi connectivity index (χ2n) is 7.35. The molecule has 1 aliphatic rings. The van der Waals surface area contributed by atoms with E-state index in [2.05, 4.69) is 9.97 Å². The van der Waals surface area contributed by atoms with Crippen LogP contribution in [0.15, 0.2) is 30.6 Å². The average molecular weight is 382 g/mol. The van der Waals surface area contributed by atoms with E-state index < -0.39 is 0 Å². The maximum absolute atomic E-state index is 12.7. The van der Waals surface area contributed by atoms with Crippen LogP contribution in [-0.2, 0) is 11.2 Å². The SMILES string of the molecule is Cc1ncc(-c2ccc3cnc(CC(=O)C4CCC(CO)CC4)cc3n2)s1. The zero-order valence-electron chi connectivity index (χ0n) is 15.4. The first-order valence-corrected chi connectivity index (χ1v) is 10.3. The number of rotatable bonds is 5. The standard InChI is InChI=1S/C21H23N3O2S/c1-13-22-11-21(27-13)18-7-6-16-10-23-17(8-19(16)24-18)9-20(26)15-4-2-14(12-25)3-5-15/h6-8,10-11,14-15,25H,2-5,9,12H2,1H3. The van der Waals surface area contributed by atoms with Gasteiger partial charge < -0.3 is 5.11 Å². The number of carbonyl (C=O) groups excluding carboxylic acids is 1. The van der Waals surface area contributed by atoms with Crippen molar-refractivity contribution in [2.45, 2.75) is 39.0 Å². The number of nitrogens with zero attached hydrogens (tertiary/aromatic N) is 3. The van der Waals surface area contributed by atoms with Gasteiger partial charge in [-0.15, -0.1) is 11.3 Å². The second kappa shape index (κ2) is 7.82. The van der Waals surface area contributed by atoms with Gasteiger partial charge in [0.25, 0.3) is 0 Å². The number of aryl methyl sites for hydroxylation is 1. The highest BCUT2D eigenvalue weighted by atomic mass is 32.1. The first kappa shape index (κ1) is 18.2. The Kier molecular flexibility index (Phi) is 5.27. The number of hydrogen-bond donors (Lipinski definition) is 1. The summed E-state index contributed by atoms with van der Waals surface area (Å²) in [5.41, 5.74) is 2.54. The lowest BCUT2D eigenvalue weighted by Crippen LogP contribution is -2.24. The number of fused-ring (bicyclic) bond motifs is 1. The molecule has 3 aromatic rings. The summed E-state index contributed by atoms with van der Waals surface area (Å²) >= 11 is 1.62. The Bertz CT molecular complexity index is 961. The van der Waals surface area contributed by atoms with Crippen molar-refractivity contribution in [3.63, 3.8) is 0 Å². The number of aliphatic hydroxyl groups is 1. The summed E-state index contributed by atoms with van der Waals surface area (Å²) in [6.45, 7) is 2.22. The Morgan fingerprint density at radius 1 is 1.19 bits per heavy atom. The summed E-state index contributed by atoms with van der Waals surface area (Å²) in [5, 5.41) is 11.2. The van der Waals surface area contributed by atoms with E-state index in [-0.39, 0.29) is 18.3 Å². The van der Waals surface area contributed by atoms with Gasteiger partial charge in [0.15, 0.2) is 0 Å². The summed E-state index contributed by atoms with van der Waals surface area (Å²) in [6, 6.07) is 5.94. The van der Waals surface area contributed by atoms with Crippen LogP contribution in [0.25, 0.3) is 21.5 Å². The van der Waals surface area contributed by atoms with Crippen molar-refractivity contribution in [1.29, 1.82) is 0 Å². The van der Waals surface area contributed by atoms with E-state index in [0.29, 0.717) is 12.3 Å². The van der Waals surface area contributed by atoms with Gasteiger partial charge >= 0.3 is 0 Å². The average Bonchev–Trinajstić information content (AvgIpc) is 3.14. The van der Waals surface area contributed by atoms with Crippen LogP contribution in [0.3, 0.4) is 0 Å². The monoisotopic (exact) mass is 381 g/mol. The highest BCUT2D eigenvalue weighted by Gasteiger charge is 2.26. The highest BCUT2D eigenvalue weighted by molar-refractivity contribution is 7.15. The van der Waals surface area contributed by atoms with E-state index in [9.17, 15) is 9.90 Å². The normalized spacial score (nSPS) is 20.1. The summed E-state index contributed by atoms with van der Waals surface area (Å²) in [6.07, 6.45) is 7.65. The number of Topliss-reactive ketones (excluding diaryl/α,β-unsaturated/α-hetero) is 1. The van der Waals surface area contributed by atoms with Gasteiger partial charge in [0, 0.05) is 42.4 Å². The molecule has 0 unspecified atom stereocenters. The Labute approximate surface area is 162 Å². The van der Waals surface area contributed by atoms with Crippen LogP contribution >= 0.6 is 11.3 Å². The molecule has 0 radical (unpaired) electrons. The lowest BCUT2D eigenvalue weighted by atomic mass is 9.79. The molecule has 0 spiro atoms. The van der Waals surface area contributed by atoms with Crippen molar-refractivity contribution in [2.24, 2.45) is 11.8 Å². The summed E-state index contributed by atoms with van der Waals surface area (Å²) in [7, 11) is 0. The molecule has 1 N–H and O–H groups in total. The molecule has 4 rings (SSSR count). The predicted octanol–water partition coefficient (Wildman–Crippen LogP) is 3.97. The first-order valence-electron chi connectivity index (χ1n) is 9.44. The molecule has 0 amide bonds. The van der Waals surface area contributed by atoms with Gasteiger partial charge in [0.05, 0.1) is 21.1 Å². The maximum Gasteiger partial charge on any atom is 0.141 e. The number of hydrogen-bond acceptors (Lipinski definition) is 6. The lowest BCUT2D eigenvalue weighted by Gasteiger charge is -2.26. The molecule has 1 aliphatic carbocycles. The number of ketones is 1. The lowest BCUT2D eigenvalue weighted by molar-refractivity contribution is -0.123. The third kappa shape index (κ3) is 4.06. The smallest absolute Gasteiger partial charge is 0.141 e. The van der Waals surface area contributed by atoms with Crippen LogP contribution in [0.1, 0.15) is 36.4 Å². The molecular formula is C21H23N3O2S. The third-order valence-electron chi connectivity index (χ3n) is 5.42. The fourth-order valence-electron chi connectivity index (χ4n) is 3.76. The van der Waals surface area contributed by atoms with E-state index in [1.807, 2.05) is 31.3 Å². The minimum atomic E-state index is 0.102. The van der Waals surface area contributed by atoms with Gasteiger partial charge in [-0.05, 0) is 56.7 Å². The minimum absolute atomic E-state index is 0.102. The molecule has 1 fully saturated rings. The third-order valence-corrected chi connectivity index (χ3v) is 6.35. The van der Waals surface area contributed by atoms with Crippen molar-refractivity contribution < 1.29 is 9.90 Å². The topological polar surface area (TPSA) is 76.0 Å². The molecule has 0 bridgehead atoms. The second-order valence-corrected chi connectivity index (χ2v) is 8.59. The number of aromatic nitrogens is 3. The van der Waals surface area contributed by atoms with Gasteiger partial charge in [-0.3, -0.25) is 9.78 Å². The van der Waals surface area contributed by atoms with E-state index in [4.69, 9.17) is 4.98 Å². The van der Waals surface area contributed by atoms with Crippen molar-refractivity contribution in [3.05, 3.63) is 41.3 Å². The van der Waals surface area contributed by atoms with Crippen molar-refractivity contribution in [2.75, 3.05) is 6.61 Å². The zero-order valence-corrected chi connectivity index (χ0v) is 16.2. The highest BCUT2D eigenvalue weighted by Crippen LogP contribution is 2.30. The number of carbonyl (C=O) groups is 1. The molecule has 0 aromatic carbocycles. The molecule has 0 atom stereocenters. The van der Waals surface area contributed by atoms with E-state index >= 15 is 0 Å². The Morgan fingerprint density at radius 3 is 2.70 bits per heavy atom. The van der Waals surface area contributed by atoms with Crippen molar-refractivity contribution in [1.82, 2.24) is 15.0 Å². The van der Waals surface area contributed by atoms with Crippen LogP contribution in [0, 0.1) is 18.8 Å². The molecule has 0 saturated heterocycles. The Hall–Kier alpha value is -2.18. The number of pyridine rings is 2. The molecule has 3 aromatic heterocycles. The Balaban J connectivity index is 1.51. The van der Waals surface area contributed by atoms with E-state index in [0.717, 1.165) is 57.9 Å². The van der Waals surface area contributed by atoms with Crippen molar-refractivity contribution in [3.8, 4) is 10.6 Å². The molecule has 1 saturated carbocycles. The van der Waals surface area contributed by atoms with Crippen LogP contribution in [0.2, 0.25) is 0 Å². The van der Waals surface area contributed by atoms with E-state index in [1.165, 1.54) is 0 Å². The van der Waals surface area contributed by atoms with Gasteiger partial charge in [0.1, 0.15) is 5.78 Å². The molecule has 5 nitrogen and oxygen atoms in total. The quantitative estimate of drug-likeness (QED) is 0.724. The number of aliphatic hydroxyl groups excluding tert-OH is 1. The molecule has 3 heterocycles. The van der Waals surface area contributed by atoms with Crippen LogP contribution in [-0.4, -0.2) is 32.4 Å². The van der Waals surface area contributed by atoms with Gasteiger partial charge in [-0.2, -0.15) is 0 Å². The summed E-state index contributed by atoms with van der Waals surface area (Å²) in [5.74, 6) is 0.725. The number of thiazole rings is 1.